The van der Waals surface area contributed by atoms with Gasteiger partial charge in [0, 0.05) is 0 Å². The van der Waals surface area contributed by atoms with Gasteiger partial charge in [-0.1, -0.05) is 29.8 Å². The number of halogens is 1. The Morgan fingerprint density at radius 2 is 1.58 bits per heavy atom. The zero-order valence-electron chi connectivity index (χ0n) is 19.0. The monoisotopic (exact) mass is 467 g/mol. The zero-order chi connectivity index (χ0) is 24.2. The van der Waals surface area contributed by atoms with E-state index in [1.165, 1.54) is 18.3 Å². The molecule has 0 heterocycles. The fourth-order valence-electron chi connectivity index (χ4n) is 3.22. The Balaban J connectivity index is 1.84. The predicted molar refractivity (Wildman–Crippen MR) is 129 cm³/mol. The van der Waals surface area contributed by atoms with E-state index >= 15 is 0 Å². The van der Waals surface area contributed by atoms with Crippen LogP contribution in [0, 0.1) is 33.5 Å². The van der Waals surface area contributed by atoms with Crippen molar-refractivity contribution in [3.8, 4) is 0 Å². The quantitative estimate of drug-likeness (QED) is 0.413. The second kappa shape index (κ2) is 9.95. The van der Waals surface area contributed by atoms with Gasteiger partial charge in [0.25, 0.3) is 15.9 Å². The summed E-state index contributed by atoms with van der Waals surface area (Å²) in [5.74, 6) is -1.16. The summed E-state index contributed by atoms with van der Waals surface area (Å²) in [6.45, 7) is 7.39. The third-order valence-electron chi connectivity index (χ3n) is 5.50. The van der Waals surface area contributed by atoms with Gasteiger partial charge in [0.1, 0.15) is 12.4 Å². The third-order valence-corrected chi connectivity index (χ3v) is 7.29. The second-order valence-electron chi connectivity index (χ2n) is 7.82. The van der Waals surface area contributed by atoms with Gasteiger partial charge in [0.05, 0.1) is 16.8 Å². The number of hydrogen-bond donors (Lipinski definition) is 1. The average Bonchev–Trinajstić information content (AvgIpc) is 2.78. The Bertz CT molecular complexity index is 1290. The zero-order valence-corrected chi connectivity index (χ0v) is 19.8. The number of carbonyl (C=O) groups excluding carboxylic acids is 1. The lowest BCUT2D eigenvalue weighted by Gasteiger charge is -2.23. The van der Waals surface area contributed by atoms with Crippen LogP contribution in [0.15, 0.2) is 70.7 Å². The number of amides is 1. The van der Waals surface area contributed by atoms with E-state index in [4.69, 9.17) is 0 Å². The largest absolute Gasteiger partial charge is 0.271 e. The van der Waals surface area contributed by atoms with Gasteiger partial charge in [-0.25, -0.2) is 18.2 Å². The maximum atomic E-state index is 13.3. The number of nitrogens with zero attached hydrogens (tertiary/aromatic N) is 2. The second-order valence-corrected chi connectivity index (χ2v) is 9.68. The molecule has 172 valence electrons. The van der Waals surface area contributed by atoms with Crippen LogP contribution in [-0.2, 0) is 14.8 Å². The molecule has 0 aliphatic heterocycles. The average molecular weight is 468 g/mol. The molecule has 0 aliphatic rings. The fourth-order valence-corrected chi connectivity index (χ4v) is 4.64. The molecule has 33 heavy (non-hydrogen) atoms. The minimum Gasteiger partial charge on any atom is -0.271 e. The van der Waals surface area contributed by atoms with Gasteiger partial charge in [0.2, 0.25) is 0 Å². The van der Waals surface area contributed by atoms with Crippen LogP contribution in [0.3, 0.4) is 0 Å². The third kappa shape index (κ3) is 5.64. The molecule has 0 radical (unpaired) electrons. The van der Waals surface area contributed by atoms with Crippen molar-refractivity contribution in [2.75, 3.05) is 10.8 Å². The molecule has 3 rings (SSSR count). The van der Waals surface area contributed by atoms with Crippen molar-refractivity contribution in [3.63, 3.8) is 0 Å². The molecule has 0 bridgehead atoms. The Morgan fingerprint density at radius 3 is 2.21 bits per heavy atom. The molecule has 0 saturated carbocycles. The van der Waals surface area contributed by atoms with Crippen molar-refractivity contribution in [2.24, 2.45) is 5.10 Å². The van der Waals surface area contributed by atoms with E-state index in [0.717, 1.165) is 44.3 Å². The highest BCUT2D eigenvalue weighted by atomic mass is 32.2. The molecule has 0 unspecified atom stereocenters. The first-order chi connectivity index (χ1) is 15.6. The highest BCUT2D eigenvalue weighted by Crippen LogP contribution is 2.24. The van der Waals surface area contributed by atoms with Crippen molar-refractivity contribution in [1.29, 1.82) is 0 Å². The van der Waals surface area contributed by atoms with Crippen LogP contribution >= 0.6 is 0 Å². The minimum atomic E-state index is -4.12. The number of hydrazone groups is 1. The molecule has 0 aliphatic carbocycles. The normalized spacial score (nSPS) is 11.5. The van der Waals surface area contributed by atoms with Crippen LogP contribution in [0.2, 0.25) is 0 Å². The summed E-state index contributed by atoms with van der Waals surface area (Å²) in [4.78, 5) is 12.5. The molecule has 1 N–H and O–H groups in total. The highest BCUT2D eigenvalue weighted by molar-refractivity contribution is 7.92. The molecule has 3 aromatic rings. The number of benzene rings is 3. The highest BCUT2D eigenvalue weighted by Gasteiger charge is 2.27. The molecule has 0 atom stereocenters. The molecule has 0 fully saturated rings. The van der Waals surface area contributed by atoms with Gasteiger partial charge < -0.3 is 0 Å². The molecule has 0 saturated heterocycles. The molecular weight excluding hydrogens is 441 g/mol. The molecule has 0 aromatic heterocycles. The number of carbonyl (C=O) groups is 1. The smallest absolute Gasteiger partial charge is 0.264 e. The Morgan fingerprint density at radius 1 is 0.939 bits per heavy atom. The first kappa shape index (κ1) is 24.1. The van der Waals surface area contributed by atoms with Crippen LogP contribution in [0.25, 0.3) is 0 Å². The molecular formula is C25H26FN3O3S. The van der Waals surface area contributed by atoms with Crippen LogP contribution in [0.5, 0.6) is 0 Å². The lowest BCUT2D eigenvalue weighted by atomic mass is 10.00. The van der Waals surface area contributed by atoms with Gasteiger partial charge in [-0.05, 0) is 86.3 Å². The van der Waals surface area contributed by atoms with E-state index in [1.807, 2.05) is 39.8 Å². The van der Waals surface area contributed by atoms with Crippen LogP contribution < -0.4 is 9.73 Å². The molecule has 3 aromatic carbocycles. The SMILES string of the molecule is Cc1ccc(N(CC(=O)N/N=C\c2ccc(C)c(C)c2C)S(=O)(=O)c2ccc(F)cc2)cc1. The lowest BCUT2D eigenvalue weighted by molar-refractivity contribution is -0.119. The summed E-state index contributed by atoms with van der Waals surface area (Å²) in [5.41, 5.74) is 7.86. The van der Waals surface area contributed by atoms with Crippen molar-refractivity contribution < 1.29 is 17.6 Å². The Hall–Kier alpha value is -3.52. The van der Waals surface area contributed by atoms with Crippen LogP contribution in [-0.4, -0.2) is 27.1 Å². The maximum Gasteiger partial charge on any atom is 0.264 e. The number of rotatable bonds is 7. The van der Waals surface area contributed by atoms with Crippen molar-refractivity contribution >= 4 is 27.8 Å². The number of nitrogens with one attached hydrogen (secondary N) is 1. The summed E-state index contributed by atoms with van der Waals surface area (Å²) >= 11 is 0. The van der Waals surface area contributed by atoms with E-state index in [1.54, 1.807) is 24.3 Å². The Kier molecular flexibility index (Phi) is 7.28. The first-order valence-electron chi connectivity index (χ1n) is 10.3. The molecule has 0 spiro atoms. The number of anilines is 1. The van der Waals surface area contributed by atoms with E-state index in [0.29, 0.717) is 5.69 Å². The van der Waals surface area contributed by atoms with Gasteiger partial charge in [-0.2, -0.15) is 5.10 Å². The van der Waals surface area contributed by atoms with Gasteiger partial charge in [0.15, 0.2) is 0 Å². The van der Waals surface area contributed by atoms with E-state index in [-0.39, 0.29) is 4.90 Å². The Labute approximate surface area is 193 Å². The maximum absolute atomic E-state index is 13.3. The summed E-state index contributed by atoms with van der Waals surface area (Å²) in [5, 5.41) is 4.00. The molecule has 1 amide bonds. The summed E-state index contributed by atoms with van der Waals surface area (Å²) in [6.07, 6.45) is 1.53. The standard InChI is InChI=1S/C25H26FN3O3S/c1-17-5-11-23(12-6-17)29(33(31,32)24-13-9-22(26)10-14-24)16-25(30)28-27-15-21-8-7-18(2)19(3)20(21)4/h5-15H,16H2,1-4H3,(H,28,30)/b27-15-. The summed E-state index contributed by atoms with van der Waals surface area (Å²) in [7, 11) is -4.12. The van der Waals surface area contributed by atoms with E-state index in [9.17, 15) is 17.6 Å². The molecule has 6 nitrogen and oxygen atoms in total. The fraction of sp³-hybridized carbons (Fsp3) is 0.200. The summed E-state index contributed by atoms with van der Waals surface area (Å²) < 4.78 is 40.8. The van der Waals surface area contributed by atoms with E-state index < -0.39 is 28.3 Å². The van der Waals surface area contributed by atoms with Crippen molar-refractivity contribution in [2.45, 2.75) is 32.6 Å². The minimum absolute atomic E-state index is 0.119. The number of aryl methyl sites for hydroxylation is 2. The molecule has 8 heteroatoms. The van der Waals surface area contributed by atoms with Crippen molar-refractivity contribution in [3.05, 3.63) is 94.3 Å². The first-order valence-corrected chi connectivity index (χ1v) is 11.8. The lowest BCUT2D eigenvalue weighted by Crippen LogP contribution is -2.39. The van der Waals surface area contributed by atoms with Crippen molar-refractivity contribution in [1.82, 2.24) is 5.43 Å². The predicted octanol–water partition coefficient (Wildman–Crippen LogP) is 4.40. The van der Waals surface area contributed by atoms with Gasteiger partial charge in [-0.15, -0.1) is 0 Å². The van der Waals surface area contributed by atoms with E-state index in [2.05, 4.69) is 10.5 Å². The van der Waals surface area contributed by atoms with Crippen LogP contribution in [0.4, 0.5) is 10.1 Å². The number of hydrogen-bond acceptors (Lipinski definition) is 4. The van der Waals surface area contributed by atoms with Crippen LogP contribution in [0.1, 0.15) is 27.8 Å². The van der Waals surface area contributed by atoms with Gasteiger partial charge in [-0.3, -0.25) is 9.10 Å². The van der Waals surface area contributed by atoms with Gasteiger partial charge >= 0.3 is 0 Å². The number of sulfonamides is 1. The topological polar surface area (TPSA) is 78.8 Å². The summed E-state index contributed by atoms with van der Waals surface area (Å²) in [6, 6.07) is 15.1.